The van der Waals surface area contributed by atoms with Crippen LogP contribution in [0.5, 0.6) is 0 Å². The Labute approximate surface area is 169 Å². The molecule has 0 saturated heterocycles. The predicted molar refractivity (Wildman–Crippen MR) is 109 cm³/mol. The summed E-state index contributed by atoms with van der Waals surface area (Å²) in [6, 6.07) is 7.23. The van der Waals surface area contributed by atoms with Crippen molar-refractivity contribution in [2.45, 2.75) is 32.6 Å². The Bertz CT molecular complexity index is 778. The van der Waals surface area contributed by atoms with Crippen molar-refractivity contribution in [3.8, 4) is 0 Å². The van der Waals surface area contributed by atoms with Crippen LogP contribution in [0, 0.1) is 0 Å². The first-order chi connectivity index (χ1) is 13.8. The molecule has 0 saturated carbocycles. The summed E-state index contributed by atoms with van der Waals surface area (Å²) >= 11 is 0. The van der Waals surface area contributed by atoms with E-state index in [1.165, 1.54) is 0 Å². The van der Waals surface area contributed by atoms with Gasteiger partial charge in [0.15, 0.2) is 5.96 Å². The molecule has 2 aromatic rings. The number of aliphatic imine (C=N–C) groups is 1. The van der Waals surface area contributed by atoms with E-state index >= 15 is 0 Å². The largest absolute Gasteiger partial charge is 0.416 e. The number of hydrogen-bond acceptors (Lipinski definition) is 3. The third kappa shape index (κ3) is 6.22. The lowest BCUT2D eigenvalue weighted by Crippen LogP contribution is -2.43. The van der Waals surface area contributed by atoms with Gasteiger partial charge in [-0.3, -0.25) is 14.6 Å². The van der Waals surface area contributed by atoms with Crippen LogP contribution in [0.2, 0.25) is 0 Å². The number of nitrogens with zero attached hydrogens (tertiary/aromatic N) is 4. The molecule has 0 spiro atoms. The number of guanidine groups is 1. The van der Waals surface area contributed by atoms with Crippen molar-refractivity contribution < 1.29 is 13.2 Å². The van der Waals surface area contributed by atoms with Crippen LogP contribution in [-0.4, -0.2) is 47.3 Å². The summed E-state index contributed by atoms with van der Waals surface area (Å²) in [5.74, 6) is 0.621. The van der Waals surface area contributed by atoms with Crippen LogP contribution in [0.15, 0.2) is 41.5 Å². The first-order valence-electron chi connectivity index (χ1n) is 9.62. The van der Waals surface area contributed by atoms with Gasteiger partial charge in [-0.05, 0) is 36.9 Å². The molecule has 0 aliphatic heterocycles. The SMILES string of the molecule is CCN(CC)C(CNC(=NC)NCc1ccnn1C)c1ccc(C(F)(F)F)cc1. The zero-order chi connectivity index (χ0) is 21.4. The number of nitrogens with one attached hydrogen (secondary N) is 2. The summed E-state index contributed by atoms with van der Waals surface area (Å²) in [6.07, 6.45) is -2.60. The van der Waals surface area contributed by atoms with Crippen molar-refractivity contribution in [3.63, 3.8) is 0 Å². The maximum absolute atomic E-state index is 12.9. The van der Waals surface area contributed by atoms with E-state index in [9.17, 15) is 13.2 Å². The van der Waals surface area contributed by atoms with Gasteiger partial charge in [0.1, 0.15) is 0 Å². The molecule has 1 aromatic carbocycles. The second-order valence-corrected chi connectivity index (χ2v) is 6.61. The molecule has 6 nitrogen and oxygen atoms in total. The van der Waals surface area contributed by atoms with Crippen molar-refractivity contribution in [2.24, 2.45) is 12.0 Å². The number of halogens is 3. The van der Waals surface area contributed by atoms with E-state index in [-0.39, 0.29) is 6.04 Å². The summed E-state index contributed by atoms with van der Waals surface area (Å²) < 4.78 is 40.4. The topological polar surface area (TPSA) is 57.5 Å². The van der Waals surface area contributed by atoms with Crippen molar-refractivity contribution in [2.75, 3.05) is 26.7 Å². The highest BCUT2D eigenvalue weighted by Gasteiger charge is 2.30. The minimum atomic E-state index is -4.33. The van der Waals surface area contributed by atoms with Crippen LogP contribution in [0.3, 0.4) is 0 Å². The highest BCUT2D eigenvalue weighted by molar-refractivity contribution is 5.79. The zero-order valence-electron chi connectivity index (χ0n) is 17.3. The van der Waals surface area contributed by atoms with Gasteiger partial charge in [-0.2, -0.15) is 18.3 Å². The number of rotatable bonds is 8. The fourth-order valence-electron chi connectivity index (χ4n) is 3.18. The first kappa shape index (κ1) is 22.7. The molecule has 2 rings (SSSR count). The minimum Gasteiger partial charge on any atom is -0.354 e. The number of alkyl halides is 3. The molecule has 0 aliphatic carbocycles. The minimum absolute atomic E-state index is 0.0810. The summed E-state index contributed by atoms with van der Waals surface area (Å²) in [6.45, 7) is 6.71. The average molecular weight is 410 g/mol. The lowest BCUT2D eigenvalue weighted by atomic mass is 10.0. The van der Waals surface area contributed by atoms with Crippen molar-refractivity contribution >= 4 is 5.96 Å². The Morgan fingerprint density at radius 1 is 1.14 bits per heavy atom. The molecule has 0 fully saturated rings. The van der Waals surface area contributed by atoms with Gasteiger partial charge in [0.25, 0.3) is 0 Å². The number of likely N-dealkylation sites (N-methyl/N-ethyl adjacent to an activating group) is 1. The molecule has 0 aliphatic rings. The molecule has 2 N–H and O–H groups in total. The molecule has 1 aromatic heterocycles. The van der Waals surface area contributed by atoms with Crippen LogP contribution < -0.4 is 10.6 Å². The molecular weight excluding hydrogens is 381 g/mol. The van der Waals surface area contributed by atoms with E-state index < -0.39 is 11.7 Å². The normalized spacial score (nSPS) is 13.6. The Kier molecular flexibility index (Phi) is 8.07. The van der Waals surface area contributed by atoms with Crippen LogP contribution in [-0.2, 0) is 19.8 Å². The van der Waals surface area contributed by atoms with Crippen LogP contribution in [0.4, 0.5) is 13.2 Å². The zero-order valence-corrected chi connectivity index (χ0v) is 17.3. The number of aromatic nitrogens is 2. The molecule has 1 unspecified atom stereocenters. The first-order valence-corrected chi connectivity index (χ1v) is 9.62. The molecule has 0 amide bonds. The third-order valence-corrected chi connectivity index (χ3v) is 4.92. The summed E-state index contributed by atoms with van der Waals surface area (Å²) in [5, 5.41) is 10.7. The molecular formula is C20H29F3N6. The number of aryl methyl sites for hydroxylation is 1. The summed E-state index contributed by atoms with van der Waals surface area (Å²) in [5.41, 5.74) is 1.20. The van der Waals surface area contributed by atoms with Crippen LogP contribution in [0.25, 0.3) is 0 Å². The maximum atomic E-state index is 12.9. The van der Waals surface area contributed by atoms with Crippen molar-refractivity contribution in [1.29, 1.82) is 0 Å². The van der Waals surface area contributed by atoms with Gasteiger partial charge in [0.2, 0.25) is 0 Å². The Morgan fingerprint density at radius 3 is 2.28 bits per heavy atom. The molecule has 9 heteroatoms. The number of hydrogen-bond donors (Lipinski definition) is 2. The van der Waals surface area contributed by atoms with Crippen LogP contribution in [0.1, 0.15) is 36.7 Å². The van der Waals surface area contributed by atoms with Gasteiger partial charge < -0.3 is 10.6 Å². The van der Waals surface area contributed by atoms with Gasteiger partial charge >= 0.3 is 6.18 Å². The average Bonchev–Trinajstić information content (AvgIpc) is 3.11. The van der Waals surface area contributed by atoms with E-state index in [2.05, 4.69) is 25.6 Å². The molecule has 0 radical (unpaired) electrons. The third-order valence-electron chi connectivity index (χ3n) is 4.92. The van der Waals surface area contributed by atoms with Crippen LogP contribution >= 0.6 is 0 Å². The highest BCUT2D eigenvalue weighted by Crippen LogP contribution is 2.30. The van der Waals surface area contributed by atoms with E-state index in [0.29, 0.717) is 19.0 Å². The quantitative estimate of drug-likeness (QED) is 0.518. The monoisotopic (exact) mass is 410 g/mol. The van der Waals surface area contributed by atoms with Crippen molar-refractivity contribution in [3.05, 3.63) is 53.3 Å². The molecule has 1 heterocycles. The fourth-order valence-corrected chi connectivity index (χ4v) is 3.18. The molecule has 1 atom stereocenters. The van der Waals surface area contributed by atoms with E-state index in [1.807, 2.05) is 27.0 Å². The second kappa shape index (κ2) is 10.3. The van der Waals surface area contributed by atoms with Gasteiger partial charge in [0.05, 0.1) is 23.8 Å². The van der Waals surface area contributed by atoms with E-state index in [4.69, 9.17) is 0 Å². The second-order valence-electron chi connectivity index (χ2n) is 6.61. The van der Waals surface area contributed by atoms with Gasteiger partial charge in [0, 0.05) is 26.8 Å². The molecule has 160 valence electrons. The Morgan fingerprint density at radius 2 is 1.79 bits per heavy atom. The summed E-state index contributed by atoms with van der Waals surface area (Å²) in [4.78, 5) is 6.44. The van der Waals surface area contributed by atoms with E-state index in [1.54, 1.807) is 30.1 Å². The van der Waals surface area contributed by atoms with E-state index in [0.717, 1.165) is 36.5 Å². The van der Waals surface area contributed by atoms with Gasteiger partial charge in [-0.1, -0.05) is 26.0 Å². The Balaban J connectivity index is 2.08. The predicted octanol–water partition coefficient (Wildman–Crippen LogP) is 3.19. The smallest absolute Gasteiger partial charge is 0.354 e. The van der Waals surface area contributed by atoms with Gasteiger partial charge in [-0.25, -0.2) is 0 Å². The van der Waals surface area contributed by atoms with Gasteiger partial charge in [-0.15, -0.1) is 0 Å². The lowest BCUT2D eigenvalue weighted by Gasteiger charge is -2.31. The standard InChI is InChI=1S/C20H29F3N6/c1-5-29(6-2)18(15-7-9-16(10-8-15)20(21,22)23)14-26-19(24-3)25-13-17-11-12-27-28(17)4/h7-12,18H,5-6,13-14H2,1-4H3,(H2,24,25,26). The number of benzene rings is 1. The molecule has 0 bridgehead atoms. The fraction of sp³-hybridized carbons (Fsp3) is 0.500. The van der Waals surface area contributed by atoms with Crippen molar-refractivity contribution in [1.82, 2.24) is 25.3 Å². The maximum Gasteiger partial charge on any atom is 0.416 e. The molecule has 29 heavy (non-hydrogen) atoms. The summed E-state index contributed by atoms with van der Waals surface area (Å²) in [7, 11) is 3.55. The Hall–Kier alpha value is -2.55. The highest BCUT2D eigenvalue weighted by atomic mass is 19.4. The lowest BCUT2D eigenvalue weighted by molar-refractivity contribution is -0.137.